The Morgan fingerprint density at radius 1 is 1.36 bits per heavy atom. The van der Waals surface area contributed by atoms with Crippen molar-refractivity contribution in [1.29, 1.82) is 0 Å². The van der Waals surface area contributed by atoms with E-state index in [1.54, 1.807) is 6.08 Å². The van der Waals surface area contributed by atoms with Gasteiger partial charge in [-0.15, -0.1) is 0 Å². The lowest BCUT2D eigenvalue weighted by atomic mass is 10.2. The van der Waals surface area contributed by atoms with E-state index in [0.717, 1.165) is 5.56 Å². The topological polar surface area (TPSA) is 37.3 Å². The van der Waals surface area contributed by atoms with E-state index in [1.165, 1.54) is 0 Å². The molecule has 1 aromatic rings. The highest BCUT2D eigenvalue weighted by Gasteiger charge is 2.02. The van der Waals surface area contributed by atoms with Gasteiger partial charge in [-0.1, -0.05) is 54.7 Å². The summed E-state index contributed by atoms with van der Waals surface area (Å²) in [5.74, 6) is -1.02. The third kappa shape index (κ3) is 3.49. The molecule has 0 saturated carbocycles. The number of carboxylic acids is 1. The van der Waals surface area contributed by atoms with Gasteiger partial charge >= 0.3 is 5.97 Å². The second-order valence-electron chi connectivity index (χ2n) is 2.75. The van der Waals surface area contributed by atoms with Crippen molar-refractivity contribution < 1.29 is 9.90 Å². The Morgan fingerprint density at radius 2 is 2.00 bits per heavy atom. The van der Waals surface area contributed by atoms with E-state index in [1.807, 2.05) is 36.4 Å². The largest absolute Gasteiger partial charge is 0.477 e. The molecule has 0 radical (unpaired) electrons. The number of carboxylic acid groups (broad SMARTS) is 1. The van der Waals surface area contributed by atoms with Crippen LogP contribution in [0.4, 0.5) is 0 Å². The van der Waals surface area contributed by atoms with Gasteiger partial charge in [0.15, 0.2) is 0 Å². The highest BCUT2D eigenvalue weighted by molar-refractivity contribution is 7.82. The molecule has 0 aliphatic rings. The van der Waals surface area contributed by atoms with Crippen LogP contribution in [0.3, 0.4) is 0 Å². The lowest BCUT2D eigenvalue weighted by molar-refractivity contribution is -0.129. The fourth-order valence-electron chi connectivity index (χ4n) is 0.954. The van der Waals surface area contributed by atoms with Gasteiger partial charge in [0.1, 0.15) is 4.86 Å². The molecule has 0 heterocycles. The van der Waals surface area contributed by atoms with Crippen molar-refractivity contribution in [2.45, 2.75) is 6.42 Å². The Morgan fingerprint density at radius 3 is 2.57 bits per heavy atom. The van der Waals surface area contributed by atoms with Gasteiger partial charge in [-0.05, 0) is 5.56 Å². The van der Waals surface area contributed by atoms with Gasteiger partial charge in [-0.2, -0.15) is 0 Å². The maximum atomic E-state index is 10.4. The smallest absolute Gasteiger partial charge is 0.342 e. The molecule has 0 amide bonds. The van der Waals surface area contributed by atoms with E-state index in [0.29, 0.717) is 6.42 Å². The number of rotatable bonds is 4. The minimum absolute atomic E-state index is 0.0391. The van der Waals surface area contributed by atoms with Gasteiger partial charge in [0.25, 0.3) is 0 Å². The van der Waals surface area contributed by atoms with Gasteiger partial charge in [0, 0.05) is 6.42 Å². The zero-order valence-corrected chi connectivity index (χ0v) is 8.33. The van der Waals surface area contributed by atoms with E-state index in [9.17, 15) is 4.79 Å². The van der Waals surface area contributed by atoms with E-state index >= 15 is 0 Å². The maximum Gasteiger partial charge on any atom is 0.342 e. The third-order valence-electron chi connectivity index (χ3n) is 1.65. The lowest BCUT2D eigenvalue weighted by Gasteiger charge is -1.92. The summed E-state index contributed by atoms with van der Waals surface area (Å²) in [6, 6.07) is 9.67. The molecular weight excluding hydrogens is 196 g/mol. The van der Waals surface area contributed by atoms with Gasteiger partial charge in [0.2, 0.25) is 0 Å². The first kappa shape index (κ1) is 10.6. The molecule has 2 nitrogen and oxygen atoms in total. The summed E-state index contributed by atoms with van der Waals surface area (Å²) >= 11 is 4.64. The van der Waals surface area contributed by atoms with Crippen molar-refractivity contribution in [2.75, 3.05) is 0 Å². The quantitative estimate of drug-likeness (QED) is 0.769. The van der Waals surface area contributed by atoms with Crippen LogP contribution in [0.25, 0.3) is 6.08 Å². The summed E-state index contributed by atoms with van der Waals surface area (Å²) in [6.07, 6.45) is 3.92. The molecule has 0 aliphatic carbocycles. The van der Waals surface area contributed by atoms with Crippen LogP contribution in [-0.4, -0.2) is 15.9 Å². The molecule has 1 N–H and O–H groups in total. The van der Waals surface area contributed by atoms with Gasteiger partial charge in [-0.3, -0.25) is 0 Å². The highest BCUT2D eigenvalue weighted by Crippen LogP contribution is 2.02. The SMILES string of the molecule is O=C(O)C(=S)CC=Cc1ccccc1. The van der Waals surface area contributed by atoms with Crippen LogP contribution in [0.15, 0.2) is 36.4 Å². The summed E-state index contributed by atoms with van der Waals surface area (Å²) in [4.78, 5) is 10.4. The number of thiocarbonyl (C=S) groups is 1. The lowest BCUT2D eigenvalue weighted by Crippen LogP contribution is -2.07. The number of hydrogen-bond donors (Lipinski definition) is 1. The standard InChI is InChI=1S/C11H10O2S/c12-11(13)10(14)8-4-7-9-5-2-1-3-6-9/h1-7H,8H2,(H,12,13). The van der Waals surface area contributed by atoms with Crippen molar-refractivity contribution in [2.24, 2.45) is 0 Å². The normalized spacial score (nSPS) is 10.3. The molecule has 1 rings (SSSR count). The Bertz CT molecular complexity index is 355. The van der Waals surface area contributed by atoms with Crippen molar-refractivity contribution in [3.05, 3.63) is 42.0 Å². The third-order valence-corrected chi connectivity index (χ3v) is 1.99. The van der Waals surface area contributed by atoms with E-state index in [2.05, 4.69) is 12.2 Å². The van der Waals surface area contributed by atoms with Gasteiger partial charge in [-0.25, -0.2) is 4.79 Å². The fraction of sp³-hybridized carbons (Fsp3) is 0.0909. The highest BCUT2D eigenvalue weighted by atomic mass is 32.1. The van der Waals surface area contributed by atoms with Gasteiger partial charge < -0.3 is 5.11 Å². The first-order valence-electron chi connectivity index (χ1n) is 4.18. The number of allylic oxidation sites excluding steroid dienone is 1. The van der Waals surface area contributed by atoms with E-state index < -0.39 is 5.97 Å². The van der Waals surface area contributed by atoms with E-state index in [-0.39, 0.29) is 4.86 Å². The molecule has 0 aliphatic heterocycles. The molecule has 14 heavy (non-hydrogen) atoms. The second-order valence-corrected chi connectivity index (χ2v) is 3.24. The zero-order chi connectivity index (χ0) is 10.4. The number of carbonyl (C=O) groups is 1. The molecule has 1 aromatic carbocycles. The summed E-state index contributed by atoms with van der Waals surface area (Å²) in [7, 11) is 0. The fourth-order valence-corrected chi connectivity index (χ4v) is 1.05. The number of aliphatic carboxylic acids is 1. The Balaban J connectivity index is 2.50. The maximum absolute atomic E-state index is 10.4. The Labute approximate surface area is 87.9 Å². The average molecular weight is 206 g/mol. The first-order valence-corrected chi connectivity index (χ1v) is 4.58. The molecule has 0 fully saturated rings. The van der Waals surface area contributed by atoms with Crippen molar-refractivity contribution in [3.8, 4) is 0 Å². The molecule has 0 spiro atoms. The van der Waals surface area contributed by atoms with Crippen molar-refractivity contribution in [1.82, 2.24) is 0 Å². The molecule has 0 aromatic heterocycles. The molecule has 0 bridgehead atoms. The van der Waals surface area contributed by atoms with Crippen molar-refractivity contribution >= 4 is 29.1 Å². The zero-order valence-electron chi connectivity index (χ0n) is 7.51. The van der Waals surface area contributed by atoms with Crippen LogP contribution in [0.1, 0.15) is 12.0 Å². The average Bonchev–Trinajstić information content (AvgIpc) is 2.19. The van der Waals surface area contributed by atoms with Crippen molar-refractivity contribution in [3.63, 3.8) is 0 Å². The molecule has 72 valence electrons. The Kier molecular flexibility index (Phi) is 4.01. The molecule has 0 atom stereocenters. The summed E-state index contributed by atoms with van der Waals surface area (Å²) in [5.41, 5.74) is 1.04. The monoisotopic (exact) mass is 206 g/mol. The van der Waals surface area contributed by atoms with Crippen LogP contribution in [0.2, 0.25) is 0 Å². The van der Waals surface area contributed by atoms with Crippen LogP contribution < -0.4 is 0 Å². The molecular formula is C11H10O2S. The van der Waals surface area contributed by atoms with E-state index in [4.69, 9.17) is 5.11 Å². The molecule has 0 unspecified atom stereocenters. The van der Waals surface area contributed by atoms with Crippen LogP contribution in [-0.2, 0) is 4.79 Å². The van der Waals surface area contributed by atoms with Crippen LogP contribution >= 0.6 is 12.2 Å². The second kappa shape index (κ2) is 5.29. The predicted molar refractivity (Wildman–Crippen MR) is 60.3 cm³/mol. The molecule has 3 heteroatoms. The predicted octanol–water partition coefficient (Wildman–Crippen LogP) is 2.54. The van der Waals surface area contributed by atoms with Gasteiger partial charge in [0.05, 0.1) is 0 Å². The van der Waals surface area contributed by atoms with Crippen LogP contribution in [0.5, 0.6) is 0 Å². The Hall–Kier alpha value is -1.48. The number of hydrogen-bond acceptors (Lipinski definition) is 2. The minimum atomic E-state index is -1.02. The number of benzene rings is 1. The minimum Gasteiger partial charge on any atom is -0.477 e. The first-order chi connectivity index (χ1) is 6.70. The summed E-state index contributed by atoms with van der Waals surface area (Å²) in [5, 5.41) is 8.50. The van der Waals surface area contributed by atoms with Crippen LogP contribution in [0, 0.1) is 0 Å². The molecule has 0 saturated heterocycles. The summed E-state index contributed by atoms with van der Waals surface area (Å²) in [6.45, 7) is 0. The summed E-state index contributed by atoms with van der Waals surface area (Å²) < 4.78 is 0.